The zero-order chi connectivity index (χ0) is 26.2. The number of hydrogen-bond donors (Lipinski definition) is 2. The monoisotopic (exact) mass is 518 g/mol. The molecule has 0 saturated carbocycles. The summed E-state index contributed by atoms with van der Waals surface area (Å²) in [6, 6.07) is 22.0. The summed E-state index contributed by atoms with van der Waals surface area (Å²) in [7, 11) is 0. The highest BCUT2D eigenvalue weighted by Gasteiger charge is 2.25. The third-order valence-corrected chi connectivity index (χ3v) is 7.10. The van der Waals surface area contributed by atoms with Gasteiger partial charge in [-0.05, 0) is 53.4 Å². The lowest BCUT2D eigenvalue weighted by Gasteiger charge is -2.19. The molecule has 4 heterocycles. The van der Waals surface area contributed by atoms with Gasteiger partial charge in [0, 0.05) is 24.8 Å². The van der Waals surface area contributed by atoms with Crippen molar-refractivity contribution in [3.05, 3.63) is 101 Å². The van der Waals surface area contributed by atoms with E-state index in [9.17, 15) is 4.79 Å². The molecular weight excluding hydrogens is 492 g/mol. The van der Waals surface area contributed by atoms with E-state index in [1.165, 1.54) is 5.56 Å². The lowest BCUT2D eigenvalue weighted by Crippen LogP contribution is -2.25. The van der Waals surface area contributed by atoms with Gasteiger partial charge < -0.3 is 24.7 Å². The number of carbonyl (C=O) groups is 1. The molecule has 39 heavy (non-hydrogen) atoms. The van der Waals surface area contributed by atoms with Crippen molar-refractivity contribution in [3.8, 4) is 11.6 Å². The second-order valence-corrected chi connectivity index (χ2v) is 9.63. The Labute approximate surface area is 224 Å². The Morgan fingerprint density at radius 3 is 2.87 bits per heavy atom. The van der Waals surface area contributed by atoms with Crippen LogP contribution in [0.15, 0.2) is 72.9 Å². The van der Waals surface area contributed by atoms with Crippen LogP contribution >= 0.6 is 0 Å². The van der Waals surface area contributed by atoms with Gasteiger partial charge in [-0.3, -0.25) is 4.79 Å². The molecule has 0 atom stereocenters. The Morgan fingerprint density at radius 1 is 1.03 bits per heavy atom. The molecule has 7 rings (SSSR count). The second-order valence-electron chi connectivity index (χ2n) is 9.63. The minimum Gasteiger partial charge on any atom is -0.493 e. The van der Waals surface area contributed by atoms with Crippen molar-refractivity contribution >= 4 is 28.6 Å². The molecule has 0 aliphatic carbocycles. The van der Waals surface area contributed by atoms with Crippen LogP contribution in [-0.4, -0.2) is 39.0 Å². The number of rotatable bonds is 7. The van der Waals surface area contributed by atoms with E-state index in [2.05, 4.69) is 43.4 Å². The second kappa shape index (κ2) is 9.75. The molecule has 2 N–H and O–H groups in total. The van der Waals surface area contributed by atoms with Crippen molar-refractivity contribution in [2.75, 3.05) is 18.1 Å². The van der Waals surface area contributed by atoms with Crippen molar-refractivity contribution < 1.29 is 14.3 Å². The highest BCUT2D eigenvalue weighted by atomic mass is 16.5. The van der Waals surface area contributed by atoms with E-state index in [0.29, 0.717) is 18.4 Å². The Kier molecular flexibility index (Phi) is 5.81. The number of fused-ring (bicyclic) bond motifs is 3. The van der Waals surface area contributed by atoms with Gasteiger partial charge in [-0.1, -0.05) is 36.4 Å². The van der Waals surface area contributed by atoms with Gasteiger partial charge in [0.05, 0.1) is 24.2 Å². The molecular formula is C30H26N6O3. The van der Waals surface area contributed by atoms with E-state index in [-0.39, 0.29) is 30.5 Å². The van der Waals surface area contributed by atoms with Crippen LogP contribution in [0.25, 0.3) is 11.0 Å². The first-order chi connectivity index (χ1) is 19.2. The summed E-state index contributed by atoms with van der Waals surface area (Å²) in [6.45, 7) is 1.96. The number of nitrogens with zero attached hydrogens (tertiary/aromatic N) is 4. The maximum absolute atomic E-state index is 13.3. The van der Waals surface area contributed by atoms with Crippen molar-refractivity contribution in [2.45, 2.75) is 26.0 Å². The number of ether oxygens (including phenoxy) is 2. The fourth-order valence-electron chi connectivity index (χ4n) is 5.13. The van der Waals surface area contributed by atoms with Gasteiger partial charge in [-0.25, -0.2) is 9.97 Å². The number of imidazole rings is 1. The molecule has 2 aromatic heterocycles. The van der Waals surface area contributed by atoms with Gasteiger partial charge in [0.15, 0.2) is 0 Å². The third kappa shape index (κ3) is 4.52. The lowest BCUT2D eigenvalue weighted by atomic mass is 10.1. The summed E-state index contributed by atoms with van der Waals surface area (Å²) in [5, 5.41) is 2.93. The van der Waals surface area contributed by atoms with Gasteiger partial charge in [0.2, 0.25) is 11.8 Å². The van der Waals surface area contributed by atoms with E-state index < -0.39 is 0 Å². The molecule has 3 aromatic carbocycles. The molecule has 0 saturated heterocycles. The largest absolute Gasteiger partial charge is 0.493 e. The highest BCUT2D eigenvalue weighted by molar-refractivity contribution is 5.96. The number of benzene rings is 3. The molecule has 5 aromatic rings. The standard InChI is InChI=1S/C30H26N6O3/c37-28(31-17-27-33-23-6-2-3-7-24(23)34-27)22-16-32-30(36-13-11-20-5-1-4-8-25(20)36)35-29(22)39-18-19-9-10-26-21(15-19)12-14-38-26/h1-10,15-16H,11-14,17-18H2,(H,31,37)(H,33,34). The number of carbonyl (C=O) groups excluding carboxylic acids is 1. The number of H-pyrrole nitrogens is 1. The summed E-state index contributed by atoms with van der Waals surface area (Å²) in [4.78, 5) is 32.4. The van der Waals surface area contributed by atoms with Crippen LogP contribution in [0.3, 0.4) is 0 Å². The van der Waals surface area contributed by atoms with Gasteiger partial charge in [-0.2, -0.15) is 4.98 Å². The Bertz CT molecular complexity index is 1660. The molecule has 194 valence electrons. The fourth-order valence-corrected chi connectivity index (χ4v) is 5.13. The molecule has 0 radical (unpaired) electrons. The lowest BCUT2D eigenvalue weighted by molar-refractivity contribution is 0.0944. The number of nitrogens with one attached hydrogen (secondary N) is 2. The molecule has 2 aliphatic heterocycles. The fraction of sp³-hybridized carbons (Fsp3) is 0.200. The number of amides is 1. The van der Waals surface area contributed by atoms with E-state index in [4.69, 9.17) is 14.5 Å². The van der Waals surface area contributed by atoms with E-state index in [1.54, 1.807) is 6.20 Å². The molecule has 0 spiro atoms. The Morgan fingerprint density at radius 2 is 1.92 bits per heavy atom. The maximum atomic E-state index is 13.3. The quantitative estimate of drug-likeness (QED) is 0.327. The average molecular weight is 519 g/mol. The number of para-hydroxylation sites is 3. The number of anilines is 2. The molecule has 0 unspecified atom stereocenters. The highest BCUT2D eigenvalue weighted by Crippen LogP contribution is 2.34. The normalized spacial score (nSPS) is 13.7. The van der Waals surface area contributed by atoms with E-state index in [0.717, 1.165) is 53.0 Å². The smallest absolute Gasteiger partial charge is 0.258 e. The summed E-state index contributed by atoms with van der Waals surface area (Å²) in [5.41, 5.74) is 6.51. The van der Waals surface area contributed by atoms with Crippen LogP contribution in [0.5, 0.6) is 11.6 Å². The Balaban J connectivity index is 1.15. The van der Waals surface area contributed by atoms with Gasteiger partial charge in [-0.15, -0.1) is 0 Å². The van der Waals surface area contributed by atoms with Crippen molar-refractivity contribution in [2.24, 2.45) is 0 Å². The van der Waals surface area contributed by atoms with Crippen LogP contribution < -0.4 is 19.7 Å². The summed E-state index contributed by atoms with van der Waals surface area (Å²) < 4.78 is 11.8. The van der Waals surface area contributed by atoms with E-state index >= 15 is 0 Å². The zero-order valence-electron chi connectivity index (χ0n) is 21.2. The van der Waals surface area contributed by atoms with Gasteiger partial charge in [0.25, 0.3) is 5.91 Å². The van der Waals surface area contributed by atoms with Crippen molar-refractivity contribution in [1.82, 2.24) is 25.3 Å². The summed E-state index contributed by atoms with van der Waals surface area (Å²) in [6.07, 6.45) is 3.33. The molecule has 1 amide bonds. The molecule has 9 heteroatoms. The number of hydrogen-bond acceptors (Lipinski definition) is 7. The minimum absolute atomic E-state index is 0.235. The first kappa shape index (κ1) is 23.2. The van der Waals surface area contributed by atoms with Crippen molar-refractivity contribution in [1.29, 1.82) is 0 Å². The SMILES string of the molecule is O=C(NCc1nc2ccccc2[nH]1)c1cnc(N2CCc3ccccc32)nc1OCc1ccc2c(c1)CCO2. The topological polar surface area (TPSA) is 105 Å². The van der Waals surface area contributed by atoms with E-state index in [1.807, 2.05) is 48.5 Å². The minimum atomic E-state index is -0.332. The molecule has 0 fully saturated rings. The van der Waals surface area contributed by atoms with Crippen LogP contribution in [-0.2, 0) is 26.0 Å². The maximum Gasteiger partial charge on any atom is 0.258 e. The predicted molar refractivity (Wildman–Crippen MR) is 146 cm³/mol. The van der Waals surface area contributed by atoms with Gasteiger partial charge in [0.1, 0.15) is 23.7 Å². The first-order valence-electron chi connectivity index (χ1n) is 13.0. The van der Waals surface area contributed by atoms with Crippen LogP contribution in [0.4, 0.5) is 11.6 Å². The van der Waals surface area contributed by atoms with Crippen LogP contribution in [0.1, 0.15) is 32.9 Å². The molecule has 0 bridgehead atoms. The van der Waals surface area contributed by atoms with Crippen LogP contribution in [0, 0.1) is 0 Å². The predicted octanol–water partition coefficient (Wildman–Crippen LogP) is 4.49. The van der Waals surface area contributed by atoms with Crippen molar-refractivity contribution in [3.63, 3.8) is 0 Å². The summed E-state index contributed by atoms with van der Waals surface area (Å²) >= 11 is 0. The first-order valence-corrected chi connectivity index (χ1v) is 13.0. The number of aromatic nitrogens is 4. The molecule has 9 nitrogen and oxygen atoms in total. The third-order valence-electron chi connectivity index (χ3n) is 7.10. The Hall–Kier alpha value is -4.92. The van der Waals surface area contributed by atoms with Gasteiger partial charge >= 0.3 is 0 Å². The summed E-state index contributed by atoms with van der Waals surface area (Å²) in [5.74, 6) is 2.00. The van der Waals surface area contributed by atoms with Crippen LogP contribution in [0.2, 0.25) is 0 Å². The zero-order valence-corrected chi connectivity index (χ0v) is 21.2. The average Bonchev–Trinajstić information content (AvgIpc) is 3.72. The number of aromatic amines is 1. The molecule has 2 aliphatic rings.